The van der Waals surface area contributed by atoms with Crippen molar-refractivity contribution in [1.82, 2.24) is 20.4 Å². The van der Waals surface area contributed by atoms with E-state index in [0.717, 1.165) is 44.2 Å². The topological polar surface area (TPSA) is 60.0 Å². The van der Waals surface area contributed by atoms with Crippen LogP contribution in [0.1, 0.15) is 21.5 Å². The maximum atomic E-state index is 12.2. The molecule has 1 heterocycles. The van der Waals surface area contributed by atoms with E-state index >= 15 is 0 Å². The average Bonchev–Trinajstić information content (AvgIpc) is 2.75. The Hall–Kier alpha value is -2.13. The van der Waals surface area contributed by atoms with Crippen LogP contribution in [0.2, 0.25) is 0 Å². The van der Waals surface area contributed by atoms with Crippen LogP contribution in [0, 0.1) is 6.92 Å². The van der Waals surface area contributed by atoms with Crippen LogP contribution in [0.5, 0.6) is 0 Å². The normalized spacial score (nSPS) is 14.7. The first-order valence-corrected chi connectivity index (χ1v) is 10.2. The highest BCUT2D eigenvalue weighted by Gasteiger charge is 2.19. The largest absolute Gasteiger partial charge is 0.354 e. The number of piperazine rings is 1. The molecule has 1 aliphatic rings. The van der Waals surface area contributed by atoms with E-state index in [1.807, 2.05) is 38.2 Å². The number of hydrogen-bond donors (Lipinski definition) is 2. The molecule has 1 amide bonds. The van der Waals surface area contributed by atoms with Crippen LogP contribution in [-0.4, -0.2) is 68.0 Å². The third-order valence-electron chi connectivity index (χ3n) is 5.11. The van der Waals surface area contributed by atoms with Gasteiger partial charge in [0.1, 0.15) is 0 Å². The number of carbonyl (C=O) groups excluding carboxylic acids is 1. The second-order valence-corrected chi connectivity index (χ2v) is 7.35. The van der Waals surface area contributed by atoms with E-state index in [1.165, 1.54) is 5.56 Å². The fourth-order valence-electron chi connectivity index (χ4n) is 3.53. The minimum atomic E-state index is -0.0417. The minimum absolute atomic E-state index is 0. The summed E-state index contributed by atoms with van der Waals surface area (Å²) in [6.07, 6.45) is 0. The molecule has 0 radical (unpaired) electrons. The molecule has 0 saturated carbocycles. The Bertz CT molecular complexity index is 819. The van der Waals surface area contributed by atoms with Crippen molar-refractivity contribution in [2.24, 2.45) is 4.99 Å². The number of benzene rings is 2. The van der Waals surface area contributed by atoms with Gasteiger partial charge in [-0.3, -0.25) is 14.7 Å². The first kappa shape index (κ1) is 24.1. The zero-order valence-electron chi connectivity index (χ0n) is 17.8. The molecule has 0 aromatic heterocycles. The highest BCUT2D eigenvalue weighted by atomic mass is 127. The summed E-state index contributed by atoms with van der Waals surface area (Å²) >= 11 is 0. The second kappa shape index (κ2) is 12.5. The van der Waals surface area contributed by atoms with E-state index in [-0.39, 0.29) is 29.9 Å². The summed E-state index contributed by atoms with van der Waals surface area (Å²) in [6.45, 7) is 8.10. The Morgan fingerprint density at radius 2 is 1.67 bits per heavy atom. The Kier molecular flexibility index (Phi) is 10.1. The quantitative estimate of drug-likeness (QED) is 0.266. The molecule has 1 aliphatic heterocycles. The zero-order chi connectivity index (χ0) is 20.5. The number of nitrogens with one attached hydrogen (secondary N) is 2. The van der Waals surface area contributed by atoms with Gasteiger partial charge in [0.25, 0.3) is 5.91 Å². The van der Waals surface area contributed by atoms with Gasteiger partial charge in [-0.2, -0.15) is 0 Å². The van der Waals surface area contributed by atoms with E-state index in [0.29, 0.717) is 18.7 Å². The van der Waals surface area contributed by atoms with E-state index in [9.17, 15) is 4.79 Å². The number of rotatable bonds is 6. The second-order valence-electron chi connectivity index (χ2n) is 7.35. The van der Waals surface area contributed by atoms with Crippen molar-refractivity contribution in [3.63, 3.8) is 0 Å². The van der Waals surface area contributed by atoms with Crippen molar-refractivity contribution in [3.8, 4) is 0 Å². The van der Waals surface area contributed by atoms with E-state index in [4.69, 9.17) is 0 Å². The van der Waals surface area contributed by atoms with Gasteiger partial charge in [-0.05, 0) is 24.6 Å². The molecule has 6 nitrogen and oxygen atoms in total. The highest BCUT2D eigenvalue weighted by Crippen LogP contribution is 2.08. The monoisotopic (exact) mass is 521 g/mol. The van der Waals surface area contributed by atoms with Crippen LogP contribution in [0.15, 0.2) is 59.6 Å². The van der Waals surface area contributed by atoms with Crippen LogP contribution in [0.25, 0.3) is 0 Å². The molecular formula is C23H32IN5O. The fourth-order valence-corrected chi connectivity index (χ4v) is 3.53. The number of hydrogen-bond acceptors (Lipinski definition) is 3. The number of nitrogens with zero attached hydrogens (tertiary/aromatic N) is 3. The number of amides is 1. The predicted molar refractivity (Wildman–Crippen MR) is 134 cm³/mol. The van der Waals surface area contributed by atoms with Gasteiger partial charge < -0.3 is 15.5 Å². The van der Waals surface area contributed by atoms with E-state index in [2.05, 4.69) is 55.8 Å². The molecule has 0 aliphatic carbocycles. The maximum absolute atomic E-state index is 12.2. The van der Waals surface area contributed by atoms with Gasteiger partial charge in [0.05, 0.1) is 0 Å². The number of aryl methyl sites for hydroxylation is 1. The van der Waals surface area contributed by atoms with Crippen molar-refractivity contribution < 1.29 is 4.79 Å². The van der Waals surface area contributed by atoms with E-state index in [1.54, 1.807) is 0 Å². The lowest BCUT2D eigenvalue weighted by Crippen LogP contribution is -2.52. The van der Waals surface area contributed by atoms with Gasteiger partial charge in [0, 0.05) is 58.4 Å². The number of aliphatic imine (C=N–C) groups is 1. The van der Waals surface area contributed by atoms with Gasteiger partial charge in [0.2, 0.25) is 0 Å². The Morgan fingerprint density at radius 3 is 2.33 bits per heavy atom. The highest BCUT2D eigenvalue weighted by molar-refractivity contribution is 14.0. The van der Waals surface area contributed by atoms with Crippen molar-refractivity contribution in [1.29, 1.82) is 0 Å². The smallest absolute Gasteiger partial charge is 0.251 e. The standard InChI is InChI=1S/C23H31N5O.HI/c1-19-7-6-10-21(17-19)22(29)25-11-12-26-23(24-2)28-15-13-27(14-16-28)18-20-8-4-3-5-9-20;/h3-10,17H,11-16,18H2,1-2H3,(H,24,26)(H,25,29);1H. The van der Waals surface area contributed by atoms with Gasteiger partial charge in [0.15, 0.2) is 5.96 Å². The van der Waals surface area contributed by atoms with E-state index < -0.39 is 0 Å². The van der Waals surface area contributed by atoms with Gasteiger partial charge in [-0.1, -0.05) is 48.0 Å². The molecule has 1 fully saturated rings. The molecule has 3 rings (SSSR count). The van der Waals surface area contributed by atoms with Crippen molar-refractivity contribution in [2.45, 2.75) is 13.5 Å². The lowest BCUT2D eigenvalue weighted by molar-refractivity contribution is 0.0954. The predicted octanol–water partition coefficient (Wildman–Crippen LogP) is 2.74. The average molecular weight is 521 g/mol. The third-order valence-corrected chi connectivity index (χ3v) is 5.11. The molecule has 30 heavy (non-hydrogen) atoms. The van der Waals surface area contributed by atoms with Crippen LogP contribution < -0.4 is 10.6 Å². The Labute approximate surface area is 196 Å². The summed E-state index contributed by atoms with van der Waals surface area (Å²) in [5.74, 6) is 0.856. The summed E-state index contributed by atoms with van der Waals surface area (Å²) in [4.78, 5) is 21.4. The lowest BCUT2D eigenvalue weighted by atomic mass is 10.1. The molecule has 2 aromatic rings. The minimum Gasteiger partial charge on any atom is -0.354 e. The number of guanidine groups is 1. The number of halogens is 1. The van der Waals surface area contributed by atoms with Gasteiger partial charge in [-0.25, -0.2) is 0 Å². The summed E-state index contributed by atoms with van der Waals surface area (Å²) < 4.78 is 0. The molecule has 1 saturated heterocycles. The zero-order valence-corrected chi connectivity index (χ0v) is 20.1. The van der Waals surface area contributed by atoms with Crippen LogP contribution in [0.3, 0.4) is 0 Å². The summed E-state index contributed by atoms with van der Waals surface area (Å²) in [7, 11) is 1.81. The SMILES string of the molecule is CN=C(NCCNC(=O)c1cccc(C)c1)N1CCN(Cc2ccccc2)CC1.I. The fraction of sp³-hybridized carbons (Fsp3) is 0.391. The summed E-state index contributed by atoms with van der Waals surface area (Å²) in [5, 5.41) is 6.32. The van der Waals surface area contributed by atoms with Crippen LogP contribution in [0.4, 0.5) is 0 Å². The van der Waals surface area contributed by atoms with Crippen LogP contribution >= 0.6 is 24.0 Å². The van der Waals surface area contributed by atoms with Crippen molar-refractivity contribution in [2.75, 3.05) is 46.3 Å². The van der Waals surface area contributed by atoms with Gasteiger partial charge in [-0.15, -0.1) is 24.0 Å². The third kappa shape index (κ3) is 7.28. The van der Waals surface area contributed by atoms with Crippen molar-refractivity contribution >= 4 is 35.8 Å². The maximum Gasteiger partial charge on any atom is 0.251 e. The lowest BCUT2D eigenvalue weighted by Gasteiger charge is -2.36. The summed E-state index contributed by atoms with van der Waals surface area (Å²) in [6, 6.07) is 18.2. The van der Waals surface area contributed by atoms with Crippen LogP contribution in [-0.2, 0) is 6.54 Å². The molecule has 0 unspecified atom stereocenters. The molecule has 2 aromatic carbocycles. The molecule has 2 N–H and O–H groups in total. The first-order chi connectivity index (χ1) is 14.2. The number of carbonyl (C=O) groups is 1. The molecular weight excluding hydrogens is 489 g/mol. The molecule has 0 spiro atoms. The van der Waals surface area contributed by atoms with Gasteiger partial charge >= 0.3 is 0 Å². The van der Waals surface area contributed by atoms with Crippen molar-refractivity contribution in [3.05, 3.63) is 71.3 Å². The Morgan fingerprint density at radius 1 is 0.967 bits per heavy atom. The molecule has 7 heteroatoms. The molecule has 0 bridgehead atoms. The summed E-state index contributed by atoms with van der Waals surface area (Å²) in [5.41, 5.74) is 3.14. The molecule has 0 atom stereocenters. The molecule has 162 valence electrons. The Balaban J connectivity index is 0.00000320. The first-order valence-electron chi connectivity index (χ1n) is 10.2.